The molecule has 18 heavy (non-hydrogen) atoms. The molecule has 1 aromatic carbocycles. The van der Waals surface area contributed by atoms with Gasteiger partial charge < -0.3 is 9.47 Å². The molecule has 1 aliphatic heterocycles. The quantitative estimate of drug-likeness (QED) is 0.757. The lowest BCUT2D eigenvalue weighted by Crippen LogP contribution is -2.62. The molecule has 0 spiro atoms. The van der Waals surface area contributed by atoms with Gasteiger partial charge in [0.05, 0.1) is 25.4 Å². The van der Waals surface area contributed by atoms with Crippen LogP contribution in [0.3, 0.4) is 0 Å². The smallest absolute Gasteiger partial charge is 0.0704 e. The summed E-state index contributed by atoms with van der Waals surface area (Å²) < 4.78 is 11.9. The molecule has 2 nitrogen and oxygen atoms in total. The molecule has 3 rings (SSSR count). The fourth-order valence-corrected chi connectivity index (χ4v) is 4.08. The Bertz CT molecular complexity index is 416. The van der Waals surface area contributed by atoms with Crippen LogP contribution in [0.1, 0.15) is 32.3 Å². The van der Waals surface area contributed by atoms with E-state index in [1.54, 1.807) is 0 Å². The van der Waals surface area contributed by atoms with E-state index in [1.165, 1.54) is 5.56 Å². The number of benzene rings is 1. The van der Waals surface area contributed by atoms with Crippen LogP contribution in [0.2, 0.25) is 0 Å². The molecule has 1 saturated heterocycles. The first-order chi connectivity index (χ1) is 8.65. The Hall–Kier alpha value is -0.860. The van der Waals surface area contributed by atoms with E-state index in [0.717, 1.165) is 13.2 Å². The molecule has 1 aromatic rings. The zero-order valence-corrected chi connectivity index (χ0v) is 11.4. The van der Waals surface area contributed by atoms with Crippen molar-refractivity contribution in [3.05, 3.63) is 35.9 Å². The van der Waals surface area contributed by atoms with Gasteiger partial charge in [-0.1, -0.05) is 44.2 Å². The van der Waals surface area contributed by atoms with Crippen molar-refractivity contribution in [3.63, 3.8) is 0 Å². The van der Waals surface area contributed by atoms with E-state index in [2.05, 4.69) is 51.1 Å². The second kappa shape index (κ2) is 4.36. The minimum absolute atomic E-state index is 0.108. The third-order valence-corrected chi connectivity index (χ3v) is 5.07. The Morgan fingerprint density at radius 2 is 1.72 bits per heavy atom. The normalized spacial score (nSPS) is 43.7. The van der Waals surface area contributed by atoms with Crippen LogP contribution in [-0.2, 0) is 9.47 Å². The van der Waals surface area contributed by atoms with Crippen LogP contribution in [0.15, 0.2) is 30.3 Å². The molecule has 1 saturated carbocycles. The zero-order chi connectivity index (χ0) is 12.8. The van der Waals surface area contributed by atoms with Crippen LogP contribution in [0.5, 0.6) is 0 Å². The third-order valence-electron chi connectivity index (χ3n) is 5.07. The molecule has 0 aromatic heterocycles. The number of fused-ring (bicyclic) bond motifs is 1. The minimum atomic E-state index is 0.108. The van der Waals surface area contributed by atoms with Crippen LogP contribution in [0.25, 0.3) is 0 Å². The monoisotopic (exact) mass is 246 g/mol. The lowest BCUT2D eigenvalue weighted by molar-refractivity contribution is -0.179. The number of hydrogen-bond donors (Lipinski definition) is 0. The summed E-state index contributed by atoms with van der Waals surface area (Å²) in [6.07, 6.45) is 0.589. The molecule has 2 aliphatic rings. The Labute approximate surface area is 109 Å². The van der Waals surface area contributed by atoms with E-state index in [-0.39, 0.29) is 11.5 Å². The summed E-state index contributed by atoms with van der Waals surface area (Å²) >= 11 is 0. The van der Waals surface area contributed by atoms with Gasteiger partial charge in [-0.25, -0.2) is 0 Å². The van der Waals surface area contributed by atoms with Crippen molar-refractivity contribution in [2.75, 3.05) is 13.2 Å². The summed E-state index contributed by atoms with van der Waals surface area (Å²) in [7, 11) is 0. The van der Waals surface area contributed by atoms with Crippen LogP contribution in [-0.4, -0.2) is 25.4 Å². The number of ether oxygens (including phenoxy) is 2. The van der Waals surface area contributed by atoms with Crippen molar-refractivity contribution >= 4 is 0 Å². The van der Waals surface area contributed by atoms with E-state index < -0.39 is 0 Å². The SMILES string of the molecule is CC1C2OCCOC(C)[C@]2(C)C1c1ccccc1. The summed E-state index contributed by atoms with van der Waals surface area (Å²) in [5, 5.41) is 0. The van der Waals surface area contributed by atoms with E-state index in [9.17, 15) is 0 Å². The van der Waals surface area contributed by atoms with Crippen molar-refractivity contribution in [3.8, 4) is 0 Å². The van der Waals surface area contributed by atoms with Gasteiger partial charge in [0.2, 0.25) is 0 Å². The Balaban J connectivity index is 1.96. The van der Waals surface area contributed by atoms with Crippen molar-refractivity contribution in [1.82, 2.24) is 0 Å². The van der Waals surface area contributed by atoms with Gasteiger partial charge in [-0.15, -0.1) is 0 Å². The number of hydrogen-bond acceptors (Lipinski definition) is 2. The molecule has 0 N–H and O–H groups in total. The van der Waals surface area contributed by atoms with Gasteiger partial charge in [0, 0.05) is 5.41 Å². The first-order valence-corrected chi connectivity index (χ1v) is 6.94. The molecule has 2 fully saturated rings. The highest BCUT2D eigenvalue weighted by Gasteiger charge is 2.61. The maximum absolute atomic E-state index is 6.01. The molecule has 98 valence electrons. The van der Waals surface area contributed by atoms with Crippen LogP contribution >= 0.6 is 0 Å². The first-order valence-electron chi connectivity index (χ1n) is 6.94. The highest BCUT2D eigenvalue weighted by molar-refractivity contribution is 5.30. The average molecular weight is 246 g/mol. The molecule has 0 bridgehead atoms. The first kappa shape index (κ1) is 12.2. The summed E-state index contributed by atoms with van der Waals surface area (Å²) in [4.78, 5) is 0. The summed E-state index contributed by atoms with van der Waals surface area (Å²) in [5.41, 5.74) is 1.53. The van der Waals surface area contributed by atoms with Crippen LogP contribution in [0, 0.1) is 11.3 Å². The minimum Gasteiger partial charge on any atom is -0.375 e. The molecular formula is C16H22O2. The number of rotatable bonds is 1. The largest absolute Gasteiger partial charge is 0.375 e. The van der Waals surface area contributed by atoms with Crippen molar-refractivity contribution < 1.29 is 9.47 Å². The maximum Gasteiger partial charge on any atom is 0.0704 e. The average Bonchev–Trinajstić information content (AvgIpc) is 2.50. The lowest BCUT2D eigenvalue weighted by atomic mass is 9.49. The van der Waals surface area contributed by atoms with Crippen LogP contribution in [0.4, 0.5) is 0 Å². The second-order valence-electron chi connectivity index (χ2n) is 5.92. The van der Waals surface area contributed by atoms with Crippen molar-refractivity contribution in [2.45, 2.75) is 38.9 Å². The third kappa shape index (κ3) is 1.55. The van der Waals surface area contributed by atoms with Gasteiger partial charge in [0.15, 0.2) is 0 Å². The van der Waals surface area contributed by atoms with Crippen molar-refractivity contribution in [2.24, 2.45) is 11.3 Å². The topological polar surface area (TPSA) is 18.5 Å². The van der Waals surface area contributed by atoms with Gasteiger partial charge in [-0.3, -0.25) is 0 Å². The molecule has 1 heterocycles. The zero-order valence-electron chi connectivity index (χ0n) is 11.4. The molecule has 0 amide bonds. The predicted molar refractivity (Wildman–Crippen MR) is 71.6 cm³/mol. The fourth-order valence-electron chi connectivity index (χ4n) is 4.08. The van der Waals surface area contributed by atoms with Gasteiger partial charge >= 0.3 is 0 Å². The van der Waals surface area contributed by atoms with Gasteiger partial charge in [-0.2, -0.15) is 0 Å². The molecule has 4 unspecified atom stereocenters. The predicted octanol–water partition coefficient (Wildman–Crippen LogP) is 3.23. The van der Waals surface area contributed by atoms with Gasteiger partial charge in [0.25, 0.3) is 0 Å². The van der Waals surface area contributed by atoms with E-state index >= 15 is 0 Å². The lowest BCUT2D eigenvalue weighted by Gasteiger charge is -2.60. The molecular weight excluding hydrogens is 224 g/mol. The molecule has 1 aliphatic carbocycles. The highest BCUT2D eigenvalue weighted by atomic mass is 16.5. The fraction of sp³-hybridized carbons (Fsp3) is 0.625. The van der Waals surface area contributed by atoms with Gasteiger partial charge in [0.1, 0.15) is 0 Å². The summed E-state index contributed by atoms with van der Waals surface area (Å²) in [6.45, 7) is 8.29. The van der Waals surface area contributed by atoms with Crippen LogP contribution < -0.4 is 0 Å². The molecule has 2 heteroatoms. The Morgan fingerprint density at radius 1 is 1.06 bits per heavy atom. The maximum atomic E-state index is 6.01. The van der Waals surface area contributed by atoms with E-state index in [1.807, 2.05) is 0 Å². The Morgan fingerprint density at radius 3 is 2.44 bits per heavy atom. The molecule has 5 atom stereocenters. The standard InChI is InChI=1S/C16H22O2/c1-11-14(13-7-5-4-6-8-13)16(3)12(2)17-9-10-18-15(11)16/h4-8,11-12,14-15H,9-10H2,1-3H3/t11?,12?,14?,15?,16-/m1/s1. The van der Waals surface area contributed by atoms with E-state index in [4.69, 9.17) is 9.47 Å². The molecule has 0 radical (unpaired) electrons. The summed E-state index contributed by atoms with van der Waals surface area (Å²) in [6, 6.07) is 10.8. The van der Waals surface area contributed by atoms with Gasteiger partial charge in [-0.05, 0) is 24.3 Å². The van der Waals surface area contributed by atoms with Crippen molar-refractivity contribution in [1.29, 1.82) is 0 Å². The van der Waals surface area contributed by atoms with E-state index in [0.29, 0.717) is 17.9 Å². The second-order valence-corrected chi connectivity index (χ2v) is 5.92. The summed E-state index contributed by atoms with van der Waals surface area (Å²) in [5.74, 6) is 1.11. The highest BCUT2D eigenvalue weighted by Crippen LogP contribution is 2.61. The Kier molecular flexibility index (Phi) is 2.95.